The van der Waals surface area contributed by atoms with Gasteiger partial charge in [-0.1, -0.05) is 42.5 Å². The lowest BCUT2D eigenvalue weighted by atomic mass is 9.76. The summed E-state index contributed by atoms with van der Waals surface area (Å²) in [5.74, 6) is -1.87. The van der Waals surface area contributed by atoms with Crippen molar-refractivity contribution in [2.45, 2.75) is 11.8 Å². The van der Waals surface area contributed by atoms with E-state index in [1.165, 1.54) is 12.1 Å². The van der Waals surface area contributed by atoms with E-state index in [0.717, 1.165) is 6.07 Å². The van der Waals surface area contributed by atoms with Crippen LogP contribution in [0.15, 0.2) is 48.5 Å². The summed E-state index contributed by atoms with van der Waals surface area (Å²) < 4.78 is 27.0. The monoisotopic (exact) mass is 278 g/mol. The number of halogens is 2. The molecule has 0 unspecified atom stereocenters. The van der Waals surface area contributed by atoms with Gasteiger partial charge in [0.2, 0.25) is 0 Å². The summed E-state index contributed by atoms with van der Waals surface area (Å²) >= 11 is 0. The highest BCUT2D eigenvalue weighted by Crippen LogP contribution is 2.29. The van der Waals surface area contributed by atoms with Crippen LogP contribution in [-0.4, -0.2) is 23.4 Å². The van der Waals surface area contributed by atoms with E-state index < -0.39 is 17.0 Å². The fraction of sp³-hybridized carbons (Fsp3) is 0.250. The molecular formula is C16H16F2O2. The van der Waals surface area contributed by atoms with E-state index in [0.29, 0.717) is 5.56 Å². The first-order chi connectivity index (χ1) is 9.63. The lowest BCUT2D eigenvalue weighted by molar-refractivity contribution is 0.115. The molecule has 0 aliphatic heterocycles. The molecular weight excluding hydrogens is 262 g/mol. The Morgan fingerprint density at radius 3 is 2.10 bits per heavy atom. The zero-order chi connectivity index (χ0) is 14.6. The first-order valence-corrected chi connectivity index (χ1v) is 6.33. The average molecular weight is 278 g/mol. The van der Waals surface area contributed by atoms with E-state index in [1.807, 2.05) is 6.07 Å². The summed E-state index contributed by atoms with van der Waals surface area (Å²) in [5.41, 5.74) is -0.207. The molecule has 106 valence electrons. The molecule has 0 fully saturated rings. The Kier molecular flexibility index (Phi) is 4.47. The van der Waals surface area contributed by atoms with E-state index in [-0.39, 0.29) is 25.2 Å². The molecule has 0 atom stereocenters. The predicted molar refractivity (Wildman–Crippen MR) is 72.4 cm³/mol. The second-order valence-corrected chi connectivity index (χ2v) is 4.85. The number of hydrogen-bond acceptors (Lipinski definition) is 2. The van der Waals surface area contributed by atoms with Crippen molar-refractivity contribution in [2.24, 2.45) is 0 Å². The third kappa shape index (κ3) is 2.71. The van der Waals surface area contributed by atoms with Crippen molar-refractivity contribution in [2.75, 3.05) is 13.2 Å². The van der Waals surface area contributed by atoms with Crippen molar-refractivity contribution in [3.8, 4) is 0 Å². The van der Waals surface area contributed by atoms with Crippen LogP contribution < -0.4 is 0 Å². The summed E-state index contributed by atoms with van der Waals surface area (Å²) in [6, 6.07) is 12.8. The molecule has 0 aromatic heterocycles. The van der Waals surface area contributed by atoms with Crippen LogP contribution in [0.4, 0.5) is 8.78 Å². The van der Waals surface area contributed by atoms with Gasteiger partial charge in [0.25, 0.3) is 0 Å². The van der Waals surface area contributed by atoms with Gasteiger partial charge < -0.3 is 10.2 Å². The molecule has 0 saturated carbocycles. The Morgan fingerprint density at radius 2 is 1.50 bits per heavy atom. The Morgan fingerprint density at radius 1 is 0.850 bits per heavy atom. The summed E-state index contributed by atoms with van der Waals surface area (Å²) in [7, 11) is 0. The van der Waals surface area contributed by atoms with E-state index >= 15 is 0 Å². The topological polar surface area (TPSA) is 40.5 Å². The maximum Gasteiger partial charge on any atom is 0.162 e. The number of hydrogen-bond donors (Lipinski definition) is 2. The van der Waals surface area contributed by atoms with Crippen LogP contribution in [0.25, 0.3) is 0 Å². The summed E-state index contributed by atoms with van der Waals surface area (Å²) in [5, 5.41) is 19.4. The minimum absolute atomic E-state index is 0.0214. The maximum atomic E-state index is 13.8. The van der Waals surface area contributed by atoms with Crippen molar-refractivity contribution in [1.29, 1.82) is 0 Å². The van der Waals surface area contributed by atoms with Crippen LogP contribution in [0, 0.1) is 11.6 Å². The third-order valence-corrected chi connectivity index (χ3v) is 3.55. The van der Waals surface area contributed by atoms with Crippen LogP contribution in [0.2, 0.25) is 0 Å². The molecule has 0 aliphatic rings. The molecule has 2 rings (SSSR count). The van der Waals surface area contributed by atoms with Crippen LogP contribution in [-0.2, 0) is 11.8 Å². The van der Waals surface area contributed by atoms with Gasteiger partial charge >= 0.3 is 0 Å². The van der Waals surface area contributed by atoms with Crippen molar-refractivity contribution in [1.82, 2.24) is 0 Å². The molecule has 0 radical (unpaired) electrons. The molecule has 2 N–H and O–H groups in total. The second kappa shape index (κ2) is 6.11. The standard InChI is InChI=1S/C16H16F2O2/c17-14-8-4-5-12(15(14)18)9-16(10-19,11-20)13-6-2-1-3-7-13/h1-8,19-20H,9-11H2. The highest BCUT2D eigenvalue weighted by atomic mass is 19.2. The molecule has 0 amide bonds. The van der Waals surface area contributed by atoms with Crippen LogP contribution in [0.1, 0.15) is 11.1 Å². The molecule has 0 saturated heterocycles. The molecule has 0 aliphatic carbocycles. The minimum atomic E-state index is -1.03. The molecule has 0 bridgehead atoms. The van der Waals surface area contributed by atoms with Gasteiger partial charge in [-0.2, -0.15) is 0 Å². The van der Waals surface area contributed by atoms with E-state index in [9.17, 15) is 19.0 Å². The Balaban J connectivity index is 2.42. The summed E-state index contributed by atoms with van der Waals surface area (Å²) in [4.78, 5) is 0. The van der Waals surface area contributed by atoms with Gasteiger partial charge in [-0.05, 0) is 23.6 Å². The largest absolute Gasteiger partial charge is 0.395 e. The maximum absolute atomic E-state index is 13.8. The Bertz CT molecular complexity index is 566. The number of benzene rings is 2. The molecule has 20 heavy (non-hydrogen) atoms. The van der Waals surface area contributed by atoms with E-state index in [4.69, 9.17) is 0 Å². The van der Waals surface area contributed by atoms with Crippen molar-refractivity contribution < 1.29 is 19.0 Å². The van der Waals surface area contributed by atoms with Gasteiger partial charge in [-0.3, -0.25) is 0 Å². The smallest absolute Gasteiger partial charge is 0.162 e. The fourth-order valence-corrected chi connectivity index (χ4v) is 2.29. The quantitative estimate of drug-likeness (QED) is 0.882. The van der Waals surface area contributed by atoms with Gasteiger partial charge in [0.05, 0.1) is 13.2 Å². The first-order valence-electron chi connectivity index (χ1n) is 6.33. The molecule has 4 heteroatoms. The minimum Gasteiger partial charge on any atom is -0.395 e. The second-order valence-electron chi connectivity index (χ2n) is 4.85. The van der Waals surface area contributed by atoms with Gasteiger partial charge in [0.1, 0.15) is 0 Å². The fourth-order valence-electron chi connectivity index (χ4n) is 2.29. The highest BCUT2D eigenvalue weighted by molar-refractivity contribution is 5.31. The Hall–Kier alpha value is -1.78. The van der Waals surface area contributed by atoms with Gasteiger partial charge in [0.15, 0.2) is 11.6 Å². The molecule has 0 heterocycles. The first kappa shape index (κ1) is 14.6. The zero-order valence-corrected chi connectivity index (χ0v) is 10.9. The van der Waals surface area contributed by atoms with E-state index in [2.05, 4.69) is 0 Å². The van der Waals surface area contributed by atoms with Crippen molar-refractivity contribution in [3.63, 3.8) is 0 Å². The zero-order valence-electron chi connectivity index (χ0n) is 10.9. The van der Waals surface area contributed by atoms with Crippen LogP contribution in [0.5, 0.6) is 0 Å². The normalized spacial score (nSPS) is 11.6. The van der Waals surface area contributed by atoms with Gasteiger partial charge in [0, 0.05) is 5.41 Å². The Labute approximate surface area is 116 Å². The number of rotatable bonds is 5. The highest BCUT2D eigenvalue weighted by Gasteiger charge is 2.32. The summed E-state index contributed by atoms with van der Waals surface area (Å²) in [6.45, 7) is -0.715. The van der Waals surface area contributed by atoms with Crippen molar-refractivity contribution in [3.05, 3.63) is 71.3 Å². The third-order valence-electron chi connectivity index (χ3n) is 3.55. The van der Waals surface area contributed by atoms with Crippen LogP contribution in [0.3, 0.4) is 0 Å². The SMILES string of the molecule is OCC(CO)(Cc1cccc(F)c1F)c1ccccc1. The van der Waals surface area contributed by atoms with Gasteiger partial charge in [-0.25, -0.2) is 8.78 Å². The average Bonchev–Trinajstić information content (AvgIpc) is 2.50. The summed E-state index contributed by atoms with van der Waals surface area (Å²) in [6.07, 6.45) is 0.0214. The lowest BCUT2D eigenvalue weighted by Crippen LogP contribution is -2.37. The lowest BCUT2D eigenvalue weighted by Gasteiger charge is -2.30. The molecule has 2 aromatic rings. The molecule has 2 nitrogen and oxygen atoms in total. The number of aliphatic hydroxyl groups excluding tert-OH is 2. The van der Waals surface area contributed by atoms with E-state index in [1.54, 1.807) is 24.3 Å². The molecule has 0 spiro atoms. The van der Waals surface area contributed by atoms with Crippen LogP contribution >= 0.6 is 0 Å². The van der Waals surface area contributed by atoms with Gasteiger partial charge in [-0.15, -0.1) is 0 Å². The van der Waals surface area contributed by atoms with Crippen molar-refractivity contribution >= 4 is 0 Å². The number of aliphatic hydroxyl groups is 2. The molecule has 2 aromatic carbocycles. The predicted octanol–water partition coefficient (Wildman–Crippen LogP) is 2.43.